The van der Waals surface area contributed by atoms with E-state index in [4.69, 9.17) is 5.73 Å². The molecule has 0 radical (unpaired) electrons. The number of primary amides is 1. The highest BCUT2D eigenvalue weighted by atomic mass is 16.2. The molecule has 1 fully saturated rings. The fourth-order valence-electron chi connectivity index (χ4n) is 3.51. The van der Waals surface area contributed by atoms with E-state index in [-0.39, 0.29) is 17.7 Å². The highest BCUT2D eigenvalue weighted by Crippen LogP contribution is 2.20. The molecule has 3 heterocycles. The van der Waals surface area contributed by atoms with Gasteiger partial charge in [-0.15, -0.1) is 0 Å². The number of piperidine rings is 1. The molecule has 1 amide bonds. The van der Waals surface area contributed by atoms with Gasteiger partial charge in [0.1, 0.15) is 12.4 Å². The molecule has 1 aliphatic rings. The van der Waals surface area contributed by atoms with Crippen molar-refractivity contribution in [2.75, 3.05) is 6.54 Å². The number of aromatic nitrogens is 4. The number of rotatable bonds is 4. The van der Waals surface area contributed by atoms with Crippen LogP contribution in [-0.4, -0.2) is 42.1 Å². The summed E-state index contributed by atoms with van der Waals surface area (Å²) >= 11 is 0. The maximum absolute atomic E-state index is 12.6. The Morgan fingerprint density at radius 3 is 2.60 bits per heavy atom. The normalized spacial score (nSPS) is 18.8. The maximum Gasteiger partial charge on any atom is 0.332 e. The first-order valence-corrected chi connectivity index (χ1v) is 8.48. The van der Waals surface area contributed by atoms with Gasteiger partial charge in [-0.2, -0.15) is 0 Å². The second kappa shape index (κ2) is 6.47. The predicted molar refractivity (Wildman–Crippen MR) is 93.1 cm³/mol. The van der Waals surface area contributed by atoms with Crippen molar-refractivity contribution in [1.82, 2.24) is 23.6 Å². The quantitative estimate of drug-likeness (QED) is 0.785. The standard InChI is InChI=1S/C16H24N6O3/c1-10-6-4-5-7-21(10)9-12-18-14-13(22(12)8-11(17)23)15(24)20(3)16(25)19(14)2/h10H,4-9H2,1-3H3,(H2,17,23)/t10-/m0/s1. The number of carbonyl (C=O) groups excluding carboxylic acids is 1. The summed E-state index contributed by atoms with van der Waals surface area (Å²) in [4.78, 5) is 43.1. The van der Waals surface area contributed by atoms with Gasteiger partial charge in [-0.05, 0) is 26.3 Å². The number of nitrogens with two attached hydrogens (primary N) is 1. The summed E-state index contributed by atoms with van der Waals surface area (Å²) in [5.41, 5.74) is 4.99. The molecule has 0 aromatic carbocycles. The van der Waals surface area contributed by atoms with Crippen LogP contribution >= 0.6 is 0 Å². The first-order chi connectivity index (χ1) is 11.8. The van der Waals surface area contributed by atoms with E-state index in [1.165, 1.54) is 18.0 Å². The van der Waals surface area contributed by atoms with E-state index in [1.54, 1.807) is 11.6 Å². The summed E-state index contributed by atoms with van der Waals surface area (Å²) in [7, 11) is 2.98. The molecule has 9 heteroatoms. The van der Waals surface area contributed by atoms with Crippen molar-refractivity contribution in [1.29, 1.82) is 0 Å². The van der Waals surface area contributed by atoms with Gasteiger partial charge in [-0.1, -0.05) is 6.42 Å². The Bertz CT molecular complexity index is 938. The Hall–Kier alpha value is -2.42. The van der Waals surface area contributed by atoms with Gasteiger partial charge in [0.15, 0.2) is 11.2 Å². The van der Waals surface area contributed by atoms with Gasteiger partial charge >= 0.3 is 5.69 Å². The Morgan fingerprint density at radius 1 is 1.24 bits per heavy atom. The second-order valence-corrected chi connectivity index (χ2v) is 6.77. The maximum atomic E-state index is 12.6. The Balaban J connectivity index is 2.19. The molecule has 1 aliphatic heterocycles. The van der Waals surface area contributed by atoms with Crippen molar-refractivity contribution < 1.29 is 4.79 Å². The number of hydrogen-bond donors (Lipinski definition) is 1. The SMILES string of the molecule is C[C@H]1CCCCN1Cc1nc2c(c(=O)n(C)c(=O)n2C)n1CC(N)=O. The van der Waals surface area contributed by atoms with E-state index in [0.717, 1.165) is 24.0 Å². The molecule has 9 nitrogen and oxygen atoms in total. The minimum atomic E-state index is -0.553. The van der Waals surface area contributed by atoms with Crippen LogP contribution in [0.2, 0.25) is 0 Å². The smallest absolute Gasteiger partial charge is 0.332 e. The van der Waals surface area contributed by atoms with Gasteiger partial charge in [0, 0.05) is 20.1 Å². The van der Waals surface area contributed by atoms with Crippen LogP contribution in [0.1, 0.15) is 32.0 Å². The lowest BCUT2D eigenvalue weighted by atomic mass is 10.0. The third-order valence-corrected chi connectivity index (χ3v) is 5.03. The number of amides is 1. The van der Waals surface area contributed by atoms with Crippen molar-refractivity contribution in [3.63, 3.8) is 0 Å². The average Bonchev–Trinajstić information content (AvgIpc) is 2.91. The highest BCUT2D eigenvalue weighted by Gasteiger charge is 2.24. The molecular formula is C16H24N6O3. The average molecular weight is 348 g/mol. The summed E-state index contributed by atoms with van der Waals surface area (Å²) in [6, 6.07) is 0.405. The number of nitrogens with zero attached hydrogens (tertiary/aromatic N) is 5. The largest absolute Gasteiger partial charge is 0.368 e. The number of aryl methyl sites for hydroxylation is 1. The Kier molecular flexibility index (Phi) is 4.51. The van der Waals surface area contributed by atoms with Gasteiger partial charge < -0.3 is 10.3 Å². The number of fused-ring (bicyclic) bond motifs is 1. The summed E-state index contributed by atoms with van der Waals surface area (Å²) in [5, 5.41) is 0. The Labute approximate surface area is 144 Å². The zero-order valence-corrected chi connectivity index (χ0v) is 14.9. The van der Waals surface area contributed by atoms with Gasteiger partial charge in [-0.25, -0.2) is 9.78 Å². The number of hydrogen-bond acceptors (Lipinski definition) is 5. The third kappa shape index (κ3) is 2.99. The van der Waals surface area contributed by atoms with Crippen LogP contribution in [0.25, 0.3) is 11.2 Å². The molecule has 2 aromatic heterocycles. The zero-order chi connectivity index (χ0) is 18.3. The minimum absolute atomic E-state index is 0.137. The minimum Gasteiger partial charge on any atom is -0.368 e. The van der Waals surface area contributed by atoms with E-state index in [9.17, 15) is 14.4 Å². The highest BCUT2D eigenvalue weighted by molar-refractivity contribution is 5.78. The van der Waals surface area contributed by atoms with Crippen LogP contribution in [0.3, 0.4) is 0 Å². The fourth-order valence-corrected chi connectivity index (χ4v) is 3.51. The molecule has 2 aromatic rings. The summed E-state index contributed by atoms with van der Waals surface area (Å²) in [5.74, 6) is 0.0315. The van der Waals surface area contributed by atoms with Crippen LogP contribution in [0.5, 0.6) is 0 Å². The van der Waals surface area contributed by atoms with Gasteiger partial charge in [-0.3, -0.25) is 23.6 Å². The predicted octanol–water partition coefficient (Wildman–Crippen LogP) is -0.707. The first-order valence-electron chi connectivity index (χ1n) is 8.48. The molecule has 0 saturated carbocycles. The van der Waals surface area contributed by atoms with Crippen molar-refractivity contribution in [2.24, 2.45) is 19.8 Å². The van der Waals surface area contributed by atoms with Crippen LogP contribution in [-0.2, 0) is 32.0 Å². The summed E-state index contributed by atoms with van der Waals surface area (Å²) in [6.45, 7) is 3.48. The van der Waals surface area contributed by atoms with Crippen LogP contribution in [0.4, 0.5) is 0 Å². The van der Waals surface area contributed by atoms with Gasteiger partial charge in [0.2, 0.25) is 5.91 Å². The van der Waals surface area contributed by atoms with E-state index >= 15 is 0 Å². The molecule has 136 valence electrons. The van der Waals surface area contributed by atoms with E-state index < -0.39 is 17.2 Å². The molecule has 3 rings (SSSR count). The number of imidazole rings is 1. The molecule has 1 saturated heterocycles. The molecule has 2 N–H and O–H groups in total. The van der Waals surface area contributed by atoms with Crippen LogP contribution in [0, 0.1) is 0 Å². The Morgan fingerprint density at radius 2 is 1.96 bits per heavy atom. The van der Waals surface area contributed by atoms with E-state index in [0.29, 0.717) is 18.4 Å². The molecule has 1 atom stereocenters. The van der Waals surface area contributed by atoms with Gasteiger partial charge in [0.05, 0.1) is 6.54 Å². The first kappa shape index (κ1) is 17.4. The molecule has 0 bridgehead atoms. The fraction of sp³-hybridized carbons (Fsp3) is 0.625. The molecule has 25 heavy (non-hydrogen) atoms. The van der Waals surface area contributed by atoms with Crippen LogP contribution < -0.4 is 17.0 Å². The second-order valence-electron chi connectivity index (χ2n) is 6.77. The topological polar surface area (TPSA) is 108 Å². The number of carbonyl (C=O) groups is 1. The molecular weight excluding hydrogens is 324 g/mol. The molecule has 0 aliphatic carbocycles. The van der Waals surface area contributed by atoms with Crippen molar-refractivity contribution in [3.05, 3.63) is 26.7 Å². The van der Waals surface area contributed by atoms with Crippen molar-refractivity contribution in [2.45, 2.75) is 45.3 Å². The van der Waals surface area contributed by atoms with Crippen molar-refractivity contribution >= 4 is 17.1 Å². The lowest BCUT2D eigenvalue weighted by molar-refractivity contribution is -0.118. The van der Waals surface area contributed by atoms with Gasteiger partial charge in [0.25, 0.3) is 5.56 Å². The third-order valence-electron chi connectivity index (χ3n) is 5.03. The summed E-state index contributed by atoms with van der Waals surface area (Å²) in [6.07, 6.45) is 3.42. The summed E-state index contributed by atoms with van der Waals surface area (Å²) < 4.78 is 3.91. The van der Waals surface area contributed by atoms with Crippen LogP contribution in [0.15, 0.2) is 9.59 Å². The van der Waals surface area contributed by atoms with E-state index in [1.807, 2.05) is 0 Å². The number of likely N-dealkylation sites (tertiary alicyclic amines) is 1. The monoisotopic (exact) mass is 348 g/mol. The molecule has 0 unspecified atom stereocenters. The van der Waals surface area contributed by atoms with E-state index in [2.05, 4.69) is 16.8 Å². The zero-order valence-electron chi connectivity index (χ0n) is 14.9. The molecule has 0 spiro atoms. The lowest BCUT2D eigenvalue weighted by Gasteiger charge is -2.32. The lowest BCUT2D eigenvalue weighted by Crippen LogP contribution is -2.38. The van der Waals surface area contributed by atoms with Crippen molar-refractivity contribution in [3.8, 4) is 0 Å².